The highest BCUT2D eigenvalue weighted by Crippen LogP contribution is 2.16. The number of thiophene rings is 1. The van der Waals surface area contributed by atoms with Crippen LogP contribution >= 0.6 is 11.3 Å². The number of Topliss-reactive ketones (excluding diaryl/α,β-unsaturated/α-hetero) is 1. The summed E-state index contributed by atoms with van der Waals surface area (Å²) in [6, 6.07) is 3.46. The van der Waals surface area contributed by atoms with E-state index in [0.29, 0.717) is 6.42 Å². The molecule has 0 amide bonds. The lowest BCUT2D eigenvalue weighted by molar-refractivity contribution is 0.0963. The van der Waals surface area contributed by atoms with Gasteiger partial charge in [0.05, 0.1) is 10.9 Å². The van der Waals surface area contributed by atoms with Crippen molar-refractivity contribution in [2.45, 2.75) is 26.3 Å². The maximum absolute atomic E-state index is 11.5. The quantitative estimate of drug-likeness (QED) is 0.728. The second kappa shape index (κ2) is 3.83. The van der Waals surface area contributed by atoms with Crippen molar-refractivity contribution in [1.82, 2.24) is 0 Å². The zero-order valence-electron chi connectivity index (χ0n) is 7.33. The van der Waals surface area contributed by atoms with E-state index in [4.69, 9.17) is 5.73 Å². The Balaban J connectivity index is 2.78. The average Bonchev–Trinajstić information content (AvgIpc) is 2.49. The van der Waals surface area contributed by atoms with E-state index in [1.165, 1.54) is 11.3 Å². The molecule has 1 unspecified atom stereocenters. The molecule has 1 aromatic rings. The Morgan fingerprint density at radius 1 is 1.67 bits per heavy atom. The molecule has 0 bridgehead atoms. The summed E-state index contributed by atoms with van der Waals surface area (Å²) >= 11 is 1.51. The van der Waals surface area contributed by atoms with Crippen LogP contribution in [-0.2, 0) is 0 Å². The van der Waals surface area contributed by atoms with Gasteiger partial charge >= 0.3 is 0 Å². The van der Waals surface area contributed by atoms with E-state index in [2.05, 4.69) is 0 Å². The summed E-state index contributed by atoms with van der Waals surface area (Å²) in [5.41, 5.74) is 5.61. The fourth-order valence-electron chi connectivity index (χ4n) is 0.935. The summed E-state index contributed by atoms with van der Waals surface area (Å²) in [7, 11) is 0. The highest BCUT2D eigenvalue weighted by molar-refractivity contribution is 7.14. The lowest BCUT2D eigenvalue weighted by Gasteiger charge is -2.03. The van der Waals surface area contributed by atoms with Crippen molar-refractivity contribution in [1.29, 1.82) is 0 Å². The molecule has 1 atom stereocenters. The van der Waals surface area contributed by atoms with E-state index in [9.17, 15) is 4.79 Å². The summed E-state index contributed by atoms with van der Waals surface area (Å²) in [5, 5.41) is 0. The van der Waals surface area contributed by atoms with Crippen molar-refractivity contribution in [2.75, 3.05) is 0 Å². The van der Waals surface area contributed by atoms with Gasteiger partial charge in [0.15, 0.2) is 5.78 Å². The molecule has 0 radical (unpaired) electrons. The summed E-state index contributed by atoms with van der Waals surface area (Å²) in [6.07, 6.45) is 0.704. The van der Waals surface area contributed by atoms with Crippen LogP contribution in [0.2, 0.25) is 0 Å². The van der Waals surface area contributed by atoms with Crippen molar-refractivity contribution in [3.05, 3.63) is 21.9 Å². The van der Waals surface area contributed by atoms with Gasteiger partial charge in [-0.1, -0.05) is 6.92 Å². The maximum Gasteiger partial charge on any atom is 0.189 e. The third-order valence-corrected chi connectivity index (χ3v) is 2.78. The number of rotatable bonds is 3. The van der Waals surface area contributed by atoms with E-state index in [1.807, 2.05) is 26.0 Å². The minimum absolute atomic E-state index is 0.0654. The van der Waals surface area contributed by atoms with Gasteiger partial charge in [-0.15, -0.1) is 11.3 Å². The highest BCUT2D eigenvalue weighted by atomic mass is 32.1. The largest absolute Gasteiger partial charge is 0.321 e. The minimum atomic E-state index is -0.331. The van der Waals surface area contributed by atoms with Crippen LogP contribution in [0.15, 0.2) is 12.1 Å². The molecule has 2 nitrogen and oxygen atoms in total. The molecular weight excluding hydrogens is 170 g/mol. The normalized spacial score (nSPS) is 12.9. The van der Waals surface area contributed by atoms with Gasteiger partial charge in [0.2, 0.25) is 0 Å². The number of hydrogen-bond donors (Lipinski definition) is 1. The molecule has 0 aromatic carbocycles. The Hall–Kier alpha value is -0.670. The molecule has 1 rings (SSSR count). The molecule has 1 aromatic heterocycles. The fraction of sp³-hybridized carbons (Fsp3) is 0.444. The molecule has 0 fully saturated rings. The van der Waals surface area contributed by atoms with Gasteiger partial charge in [0, 0.05) is 4.88 Å². The van der Waals surface area contributed by atoms with Crippen LogP contribution in [0.3, 0.4) is 0 Å². The van der Waals surface area contributed by atoms with Gasteiger partial charge in [-0.2, -0.15) is 0 Å². The van der Waals surface area contributed by atoms with Crippen molar-refractivity contribution >= 4 is 17.1 Å². The SMILES string of the molecule is CCC(N)C(=O)c1ccc(C)s1. The molecule has 0 aliphatic carbocycles. The standard InChI is InChI=1S/C9H13NOS/c1-3-7(10)9(11)8-5-4-6(2)12-8/h4-5,7H,3,10H2,1-2H3. The predicted octanol–water partition coefficient (Wildman–Crippen LogP) is 1.98. The van der Waals surface area contributed by atoms with Crippen LogP contribution in [0.5, 0.6) is 0 Å². The van der Waals surface area contributed by atoms with Crippen molar-refractivity contribution in [3.63, 3.8) is 0 Å². The third-order valence-electron chi connectivity index (χ3n) is 1.76. The second-order valence-electron chi connectivity index (χ2n) is 2.79. The summed E-state index contributed by atoms with van der Waals surface area (Å²) in [5.74, 6) is 0.0654. The first-order valence-electron chi connectivity index (χ1n) is 4.01. The summed E-state index contributed by atoms with van der Waals surface area (Å²) < 4.78 is 0. The predicted molar refractivity (Wildman–Crippen MR) is 51.7 cm³/mol. The molecule has 66 valence electrons. The molecule has 0 spiro atoms. The Kier molecular flexibility index (Phi) is 3.00. The lowest BCUT2D eigenvalue weighted by atomic mass is 10.1. The molecule has 0 aliphatic rings. The van der Waals surface area contributed by atoms with Crippen LogP contribution in [-0.4, -0.2) is 11.8 Å². The average molecular weight is 183 g/mol. The van der Waals surface area contributed by atoms with E-state index >= 15 is 0 Å². The number of aryl methyl sites for hydroxylation is 1. The van der Waals surface area contributed by atoms with Crippen molar-refractivity contribution in [2.24, 2.45) is 5.73 Å². The lowest BCUT2D eigenvalue weighted by Crippen LogP contribution is -2.28. The minimum Gasteiger partial charge on any atom is -0.321 e. The summed E-state index contributed by atoms with van der Waals surface area (Å²) in [4.78, 5) is 13.4. The third kappa shape index (κ3) is 1.93. The van der Waals surface area contributed by atoms with Crippen molar-refractivity contribution < 1.29 is 4.79 Å². The Morgan fingerprint density at radius 2 is 2.33 bits per heavy atom. The van der Waals surface area contributed by atoms with E-state index < -0.39 is 0 Å². The van der Waals surface area contributed by atoms with Crippen LogP contribution in [0, 0.1) is 6.92 Å². The number of ketones is 1. The van der Waals surface area contributed by atoms with Gasteiger partial charge in [-0.05, 0) is 25.5 Å². The van der Waals surface area contributed by atoms with E-state index in [-0.39, 0.29) is 11.8 Å². The van der Waals surface area contributed by atoms with Gasteiger partial charge in [0.1, 0.15) is 0 Å². The smallest absolute Gasteiger partial charge is 0.189 e. The first kappa shape index (κ1) is 9.42. The Labute approximate surface area is 76.4 Å². The van der Waals surface area contributed by atoms with E-state index in [0.717, 1.165) is 9.75 Å². The fourth-order valence-corrected chi connectivity index (χ4v) is 1.81. The molecule has 0 saturated heterocycles. The molecule has 0 saturated carbocycles. The van der Waals surface area contributed by atoms with Crippen LogP contribution < -0.4 is 5.73 Å². The second-order valence-corrected chi connectivity index (χ2v) is 4.08. The maximum atomic E-state index is 11.5. The molecule has 2 N–H and O–H groups in total. The topological polar surface area (TPSA) is 43.1 Å². The van der Waals surface area contributed by atoms with Crippen LogP contribution in [0.25, 0.3) is 0 Å². The molecule has 3 heteroatoms. The van der Waals surface area contributed by atoms with E-state index in [1.54, 1.807) is 0 Å². The molecule has 0 aliphatic heterocycles. The highest BCUT2D eigenvalue weighted by Gasteiger charge is 2.14. The Bertz CT molecular complexity index is 280. The zero-order valence-corrected chi connectivity index (χ0v) is 8.15. The first-order chi connectivity index (χ1) is 5.65. The summed E-state index contributed by atoms with van der Waals surface area (Å²) in [6.45, 7) is 3.90. The van der Waals surface area contributed by atoms with Crippen molar-refractivity contribution in [3.8, 4) is 0 Å². The van der Waals surface area contributed by atoms with Crippen LogP contribution in [0.4, 0.5) is 0 Å². The molecule has 12 heavy (non-hydrogen) atoms. The number of nitrogens with two attached hydrogens (primary N) is 1. The number of carbonyl (C=O) groups is 1. The van der Waals surface area contributed by atoms with Gasteiger partial charge in [-0.25, -0.2) is 0 Å². The monoisotopic (exact) mass is 183 g/mol. The van der Waals surface area contributed by atoms with Crippen LogP contribution in [0.1, 0.15) is 27.9 Å². The molecular formula is C9H13NOS. The van der Waals surface area contributed by atoms with Gasteiger partial charge < -0.3 is 5.73 Å². The van der Waals surface area contributed by atoms with Gasteiger partial charge in [-0.3, -0.25) is 4.79 Å². The number of carbonyl (C=O) groups excluding carboxylic acids is 1. The molecule has 1 heterocycles. The zero-order chi connectivity index (χ0) is 9.14. The Morgan fingerprint density at radius 3 is 2.75 bits per heavy atom. The number of hydrogen-bond acceptors (Lipinski definition) is 3. The first-order valence-corrected chi connectivity index (χ1v) is 4.83. The van der Waals surface area contributed by atoms with Gasteiger partial charge in [0.25, 0.3) is 0 Å².